The Balaban J connectivity index is 1.98. The number of carbonyl (C=O) groups is 2. The van der Waals surface area contributed by atoms with Gasteiger partial charge in [0, 0.05) is 5.02 Å². The number of thioether (sulfide) groups is 1. The second-order valence-electron chi connectivity index (χ2n) is 5.29. The molecule has 2 amide bonds. The number of nitrogens with zero attached hydrogens (tertiary/aromatic N) is 1. The van der Waals surface area contributed by atoms with Gasteiger partial charge >= 0.3 is 0 Å². The fourth-order valence-electron chi connectivity index (χ4n) is 2.63. The van der Waals surface area contributed by atoms with Crippen molar-refractivity contribution in [1.29, 1.82) is 0 Å². The molecule has 0 atom stereocenters. The van der Waals surface area contributed by atoms with Crippen LogP contribution in [0, 0.1) is 0 Å². The first-order valence-corrected chi connectivity index (χ1v) is 9.02. The van der Waals surface area contributed by atoms with Crippen LogP contribution >= 0.6 is 23.4 Å². The van der Waals surface area contributed by atoms with Gasteiger partial charge in [0.15, 0.2) is 0 Å². The Hall–Kier alpha value is -2.04. The van der Waals surface area contributed by atoms with Gasteiger partial charge in [-0.15, -0.1) is 11.8 Å². The predicted molar refractivity (Wildman–Crippen MR) is 98.5 cm³/mol. The summed E-state index contributed by atoms with van der Waals surface area (Å²) in [6.45, 7) is 2.15. The van der Waals surface area contributed by atoms with Gasteiger partial charge < -0.3 is 0 Å². The minimum atomic E-state index is -0.262. The third-order valence-electron chi connectivity index (χ3n) is 3.76. The van der Waals surface area contributed by atoms with Crippen LogP contribution in [0.25, 0.3) is 5.57 Å². The smallest absolute Gasteiger partial charge is 0.268 e. The number of carbonyl (C=O) groups excluding carboxylic acids is 2. The highest BCUT2D eigenvalue weighted by Gasteiger charge is 2.38. The molecule has 1 aliphatic rings. The van der Waals surface area contributed by atoms with Crippen molar-refractivity contribution in [1.82, 2.24) is 4.90 Å². The molecule has 3 rings (SSSR count). The van der Waals surface area contributed by atoms with Gasteiger partial charge in [0.25, 0.3) is 11.8 Å². The first-order valence-electron chi connectivity index (χ1n) is 7.65. The largest absolute Gasteiger partial charge is 0.269 e. The first-order chi connectivity index (χ1) is 11.6. The fourth-order valence-corrected chi connectivity index (χ4v) is 3.70. The Bertz CT molecular complexity index is 817. The van der Waals surface area contributed by atoms with Gasteiger partial charge in [-0.1, -0.05) is 67.1 Å². The van der Waals surface area contributed by atoms with E-state index in [1.807, 2.05) is 55.5 Å². The van der Waals surface area contributed by atoms with Gasteiger partial charge in [-0.25, -0.2) is 0 Å². The molecule has 0 saturated carbocycles. The van der Waals surface area contributed by atoms with Crippen LogP contribution in [0.2, 0.25) is 5.02 Å². The van der Waals surface area contributed by atoms with Gasteiger partial charge in [0.2, 0.25) is 0 Å². The van der Waals surface area contributed by atoms with E-state index in [1.165, 1.54) is 16.7 Å². The van der Waals surface area contributed by atoms with Crippen molar-refractivity contribution in [2.24, 2.45) is 0 Å². The van der Waals surface area contributed by atoms with E-state index >= 15 is 0 Å². The molecule has 0 aromatic heterocycles. The predicted octanol–water partition coefficient (Wildman–Crippen LogP) is 4.37. The molecule has 0 bridgehead atoms. The van der Waals surface area contributed by atoms with Crippen LogP contribution < -0.4 is 0 Å². The number of rotatable bonds is 5. The maximum absolute atomic E-state index is 12.9. The van der Waals surface area contributed by atoms with Crippen LogP contribution in [0.1, 0.15) is 18.1 Å². The average Bonchev–Trinajstić information content (AvgIpc) is 2.82. The normalized spacial score (nSPS) is 14.7. The summed E-state index contributed by atoms with van der Waals surface area (Å²) < 4.78 is 0. The summed E-state index contributed by atoms with van der Waals surface area (Å²) in [5.74, 6) is 0.220. The van der Waals surface area contributed by atoms with E-state index in [-0.39, 0.29) is 18.4 Å². The summed E-state index contributed by atoms with van der Waals surface area (Å²) in [4.78, 5) is 27.5. The standard InChI is InChI=1S/C19H16ClNO2S/c1-2-24-17-16(13-8-4-3-5-9-13)18(22)21(19(17)23)12-14-10-6-7-11-15(14)20/h3-11H,2,12H2,1H3. The molecule has 0 unspecified atom stereocenters. The lowest BCUT2D eigenvalue weighted by Crippen LogP contribution is -2.31. The summed E-state index contributed by atoms with van der Waals surface area (Å²) in [7, 11) is 0. The third kappa shape index (κ3) is 3.12. The second kappa shape index (κ2) is 7.24. The summed E-state index contributed by atoms with van der Waals surface area (Å²) in [6, 6.07) is 16.6. The highest BCUT2D eigenvalue weighted by Crippen LogP contribution is 2.37. The molecule has 24 heavy (non-hydrogen) atoms. The zero-order valence-corrected chi connectivity index (χ0v) is 14.7. The Morgan fingerprint density at radius 1 is 0.958 bits per heavy atom. The molecular formula is C19H16ClNO2S. The van der Waals surface area contributed by atoms with E-state index in [0.717, 1.165) is 16.9 Å². The van der Waals surface area contributed by atoms with Crippen molar-refractivity contribution >= 4 is 40.8 Å². The Morgan fingerprint density at radius 3 is 2.29 bits per heavy atom. The van der Waals surface area contributed by atoms with Crippen molar-refractivity contribution in [3.8, 4) is 0 Å². The minimum absolute atomic E-state index is 0.182. The van der Waals surface area contributed by atoms with Gasteiger partial charge in [-0.05, 0) is 22.9 Å². The number of hydrogen-bond acceptors (Lipinski definition) is 3. The fraction of sp³-hybridized carbons (Fsp3) is 0.158. The van der Waals surface area contributed by atoms with Gasteiger partial charge in [-0.3, -0.25) is 14.5 Å². The maximum atomic E-state index is 12.9. The van der Waals surface area contributed by atoms with E-state index in [9.17, 15) is 9.59 Å². The molecule has 3 nitrogen and oxygen atoms in total. The molecular weight excluding hydrogens is 342 g/mol. The monoisotopic (exact) mass is 357 g/mol. The lowest BCUT2D eigenvalue weighted by atomic mass is 10.1. The summed E-state index contributed by atoms with van der Waals surface area (Å²) in [6.07, 6.45) is 0. The SMILES string of the molecule is CCSC1=C(c2ccccc2)C(=O)N(Cc2ccccc2Cl)C1=O. The van der Waals surface area contributed by atoms with Gasteiger partial charge in [-0.2, -0.15) is 0 Å². The number of imide groups is 1. The summed E-state index contributed by atoms with van der Waals surface area (Å²) in [5, 5.41) is 0.552. The van der Waals surface area contributed by atoms with E-state index in [1.54, 1.807) is 6.07 Å². The molecule has 0 N–H and O–H groups in total. The average molecular weight is 358 g/mol. The van der Waals surface area contributed by atoms with E-state index in [2.05, 4.69) is 0 Å². The lowest BCUT2D eigenvalue weighted by molar-refractivity contribution is -0.137. The molecule has 122 valence electrons. The Kier molecular flexibility index (Phi) is 5.07. The molecule has 0 fully saturated rings. The zero-order chi connectivity index (χ0) is 17.1. The van der Waals surface area contributed by atoms with Crippen LogP contribution in [0.15, 0.2) is 59.5 Å². The van der Waals surface area contributed by atoms with Crippen LogP contribution in [0.4, 0.5) is 0 Å². The highest BCUT2D eigenvalue weighted by molar-refractivity contribution is 8.04. The third-order valence-corrected chi connectivity index (χ3v) is 5.09. The van der Waals surface area contributed by atoms with E-state index < -0.39 is 0 Å². The van der Waals surface area contributed by atoms with Crippen molar-refractivity contribution in [2.45, 2.75) is 13.5 Å². The number of amides is 2. The van der Waals surface area contributed by atoms with Crippen molar-refractivity contribution in [2.75, 3.05) is 5.75 Å². The van der Waals surface area contributed by atoms with Crippen molar-refractivity contribution in [3.05, 3.63) is 75.7 Å². The highest BCUT2D eigenvalue weighted by atomic mass is 35.5. The Labute approximate surface area is 150 Å². The molecule has 2 aromatic rings. The van der Waals surface area contributed by atoms with Crippen molar-refractivity contribution < 1.29 is 9.59 Å². The minimum Gasteiger partial charge on any atom is -0.269 e. The number of halogens is 1. The lowest BCUT2D eigenvalue weighted by Gasteiger charge is -2.16. The van der Waals surface area contributed by atoms with Crippen molar-refractivity contribution in [3.63, 3.8) is 0 Å². The van der Waals surface area contributed by atoms with E-state index in [0.29, 0.717) is 15.5 Å². The molecule has 5 heteroatoms. The molecule has 0 saturated heterocycles. The van der Waals surface area contributed by atoms with Gasteiger partial charge in [0.1, 0.15) is 0 Å². The first kappa shape index (κ1) is 16.8. The second-order valence-corrected chi connectivity index (χ2v) is 6.97. The molecule has 1 aliphatic heterocycles. The van der Waals surface area contributed by atoms with E-state index in [4.69, 9.17) is 11.6 Å². The quantitative estimate of drug-likeness (QED) is 0.745. The topological polar surface area (TPSA) is 37.4 Å². The zero-order valence-electron chi connectivity index (χ0n) is 13.2. The number of benzene rings is 2. The molecule has 2 aromatic carbocycles. The van der Waals surface area contributed by atoms with Crippen LogP contribution in [-0.4, -0.2) is 22.5 Å². The van der Waals surface area contributed by atoms with Crippen LogP contribution in [0.3, 0.4) is 0 Å². The Morgan fingerprint density at radius 2 is 1.62 bits per heavy atom. The molecule has 0 spiro atoms. The summed E-state index contributed by atoms with van der Waals surface area (Å²) in [5.41, 5.74) is 2.02. The van der Waals surface area contributed by atoms with Crippen LogP contribution in [0.5, 0.6) is 0 Å². The molecule has 0 aliphatic carbocycles. The van der Waals surface area contributed by atoms with Crippen LogP contribution in [-0.2, 0) is 16.1 Å². The van der Waals surface area contributed by atoms with Gasteiger partial charge in [0.05, 0.1) is 17.0 Å². The summed E-state index contributed by atoms with van der Waals surface area (Å²) >= 11 is 7.59. The molecule has 1 heterocycles. The maximum Gasteiger partial charge on any atom is 0.268 e. The molecule has 0 radical (unpaired) electrons. The number of hydrogen-bond donors (Lipinski definition) is 0.